The van der Waals surface area contributed by atoms with Gasteiger partial charge in [-0.2, -0.15) is 5.10 Å². The molecule has 1 aromatic heterocycles. The molecule has 112 valence electrons. The summed E-state index contributed by atoms with van der Waals surface area (Å²) in [6, 6.07) is -0.297. The number of likely N-dealkylation sites (tertiary alicyclic amines) is 1. The van der Waals surface area contributed by atoms with Gasteiger partial charge in [0.25, 0.3) is 5.91 Å². The molecule has 1 saturated heterocycles. The van der Waals surface area contributed by atoms with E-state index in [1.54, 1.807) is 22.8 Å². The summed E-state index contributed by atoms with van der Waals surface area (Å²) in [5.74, 6) is -0.300. The fourth-order valence-corrected chi connectivity index (χ4v) is 3.92. The van der Waals surface area contributed by atoms with E-state index in [4.69, 9.17) is 0 Å². The van der Waals surface area contributed by atoms with Gasteiger partial charge >= 0.3 is 0 Å². The molecular formula is C11H17BrN4O3S. The van der Waals surface area contributed by atoms with Crippen LogP contribution in [0.15, 0.2) is 10.7 Å². The molecule has 0 bridgehead atoms. The van der Waals surface area contributed by atoms with Gasteiger partial charge in [0.15, 0.2) is 5.69 Å². The molecule has 1 atom stereocenters. The third kappa shape index (κ3) is 3.21. The Morgan fingerprint density at radius 1 is 1.60 bits per heavy atom. The van der Waals surface area contributed by atoms with E-state index >= 15 is 0 Å². The predicted molar refractivity (Wildman–Crippen MR) is 77.8 cm³/mol. The molecule has 1 aliphatic heterocycles. The zero-order chi connectivity index (χ0) is 14.9. The minimum absolute atomic E-state index is 0.0697. The number of carbonyl (C=O) groups excluding carboxylic acids is 1. The van der Waals surface area contributed by atoms with Gasteiger partial charge in [0.1, 0.15) is 0 Å². The minimum Gasteiger partial charge on any atom is -0.333 e. The summed E-state index contributed by atoms with van der Waals surface area (Å²) < 4.78 is 27.8. The van der Waals surface area contributed by atoms with E-state index in [1.165, 1.54) is 7.05 Å². The van der Waals surface area contributed by atoms with Crippen molar-refractivity contribution in [3.63, 3.8) is 0 Å². The molecule has 0 spiro atoms. The van der Waals surface area contributed by atoms with Gasteiger partial charge in [-0.3, -0.25) is 9.48 Å². The molecule has 1 unspecified atom stereocenters. The standard InChI is InChI=1S/C11H17BrN4O3S/c1-13-20(18,19)7-8-4-3-5-16(8)11(17)10-9(12)6-15(2)14-10/h6,8,13H,3-5,7H2,1-2H3. The van der Waals surface area contributed by atoms with Crippen LogP contribution in [0.2, 0.25) is 0 Å². The van der Waals surface area contributed by atoms with Gasteiger partial charge in [-0.1, -0.05) is 0 Å². The second-order valence-corrected chi connectivity index (χ2v) is 7.60. The summed E-state index contributed by atoms with van der Waals surface area (Å²) in [5.41, 5.74) is 0.321. The Bertz CT molecular complexity index is 613. The maximum Gasteiger partial charge on any atom is 0.275 e. The van der Waals surface area contributed by atoms with Crippen molar-refractivity contribution in [3.8, 4) is 0 Å². The Balaban J connectivity index is 2.19. The van der Waals surface area contributed by atoms with Crippen LogP contribution in [-0.4, -0.2) is 54.4 Å². The van der Waals surface area contributed by atoms with Gasteiger partial charge in [0.2, 0.25) is 10.0 Å². The molecule has 0 aliphatic carbocycles. The molecule has 1 N–H and O–H groups in total. The number of amides is 1. The van der Waals surface area contributed by atoms with Crippen LogP contribution in [0.1, 0.15) is 23.3 Å². The van der Waals surface area contributed by atoms with Gasteiger partial charge in [-0.15, -0.1) is 0 Å². The lowest BCUT2D eigenvalue weighted by Gasteiger charge is -2.23. The summed E-state index contributed by atoms with van der Waals surface area (Å²) in [7, 11) is -0.226. The first-order valence-electron chi connectivity index (χ1n) is 6.25. The first kappa shape index (κ1) is 15.5. The zero-order valence-corrected chi connectivity index (χ0v) is 13.7. The monoisotopic (exact) mass is 364 g/mol. The second kappa shape index (κ2) is 5.82. The van der Waals surface area contributed by atoms with E-state index in [0.29, 0.717) is 23.1 Å². The number of nitrogens with zero attached hydrogens (tertiary/aromatic N) is 3. The topological polar surface area (TPSA) is 84.3 Å². The zero-order valence-electron chi connectivity index (χ0n) is 11.3. The van der Waals surface area contributed by atoms with Gasteiger partial charge in [-0.05, 0) is 35.8 Å². The molecule has 7 nitrogen and oxygen atoms in total. The number of nitrogens with one attached hydrogen (secondary N) is 1. The van der Waals surface area contributed by atoms with Crippen molar-refractivity contribution in [1.82, 2.24) is 19.4 Å². The third-order valence-corrected chi connectivity index (χ3v) is 5.37. The summed E-state index contributed by atoms with van der Waals surface area (Å²) in [4.78, 5) is 14.1. The van der Waals surface area contributed by atoms with Crippen LogP contribution in [0, 0.1) is 0 Å². The third-order valence-electron chi connectivity index (χ3n) is 3.35. The first-order chi connectivity index (χ1) is 9.34. The lowest BCUT2D eigenvalue weighted by Crippen LogP contribution is -2.42. The lowest BCUT2D eigenvalue weighted by atomic mass is 10.2. The van der Waals surface area contributed by atoms with Crippen LogP contribution in [0.4, 0.5) is 0 Å². The van der Waals surface area contributed by atoms with E-state index in [1.807, 2.05) is 0 Å². The van der Waals surface area contributed by atoms with E-state index in [0.717, 1.165) is 6.42 Å². The van der Waals surface area contributed by atoms with Crippen LogP contribution in [0.5, 0.6) is 0 Å². The molecule has 0 saturated carbocycles. The molecule has 1 fully saturated rings. The van der Waals surface area contributed by atoms with Crippen molar-refractivity contribution in [2.75, 3.05) is 19.3 Å². The maximum absolute atomic E-state index is 12.5. The first-order valence-corrected chi connectivity index (χ1v) is 8.70. The summed E-state index contributed by atoms with van der Waals surface area (Å²) in [5, 5.41) is 4.12. The Kier molecular flexibility index (Phi) is 4.50. The molecule has 9 heteroatoms. The fourth-order valence-electron chi connectivity index (χ4n) is 2.35. The molecule has 1 amide bonds. The van der Waals surface area contributed by atoms with Crippen LogP contribution in [0.25, 0.3) is 0 Å². The Hall–Kier alpha value is -0.930. The van der Waals surface area contributed by atoms with Gasteiger partial charge in [-0.25, -0.2) is 13.1 Å². The van der Waals surface area contributed by atoms with Crippen molar-refractivity contribution in [3.05, 3.63) is 16.4 Å². The van der Waals surface area contributed by atoms with Gasteiger partial charge in [0, 0.05) is 25.8 Å². The highest BCUT2D eigenvalue weighted by Crippen LogP contribution is 2.23. The number of rotatable bonds is 4. The number of carbonyl (C=O) groups is 1. The van der Waals surface area contributed by atoms with Gasteiger partial charge < -0.3 is 4.90 Å². The summed E-state index contributed by atoms with van der Waals surface area (Å²) in [6.07, 6.45) is 3.19. The van der Waals surface area contributed by atoms with Crippen molar-refractivity contribution < 1.29 is 13.2 Å². The molecule has 2 heterocycles. The Labute approximate surface area is 126 Å². The van der Waals surface area contributed by atoms with E-state index in [2.05, 4.69) is 25.8 Å². The van der Waals surface area contributed by atoms with E-state index in [-0.39, 0.29) is 17.7 Å². The molecule has 1 aliphatic rings. The van der Waals surface area contributed by atoms with Crippen LogP contribution in [-0.2, 0) is 17.1 Å². The highest BCUT2D eigenvalue weighted by Gasteiger charge is 2.34. The fraction of sp³-hybridized carbons (Fsp3) is 0.636. The van der Waals surface area contributed by atoms with Crippen LogP contribution in [0.3, 0.4) is 0 Å². The number of aryl methyl sites for hydroxylation is 1. The molecule has 0 radical (unpaired) electrons. The van der Waals surface area contributed by atoms with E-state index in [9.17, 15) is 13.2 Å². The lowest BCUT2D eigenvalue weighted by molar-refractivity contribution is 0.0741. The van der Waals surface area contributed by atoms with Crippen LogP contribution >= 0.6 is 15.9 Å². The molecule has 20 heavy (non-hydrogen) atoms. The molecule has 0 aromatic carbocycles. The quantitative estimate of drug-likeness (QED) is 0.834. The largest absolute Gasteiger partial charge is 0.333 e. The van der Waals surface area contributed by atoms with Gasteiger partial charge in [0.05, 0.1) is 10.2 Å². The van der Waals surface area contributed by atoms with Crippen LogP contribution < -0.4 is 4.72 Å². The van der Waals surface area contributed by atoms with E-state index < -0.39 is 10.0 Å². The van der Waals surface area contributed by atoms with Crippen molar-refractivity contribution >= 4 is 31.9 Å². The Morgan fingerprint density at radius 2 is 2.30 bits per heavy atom. The maximum atomic E-state index is 12.5. The second-order valence-electron chi connectivity index (χ2n) is 4.78. The Morgan fingerprint density at radius 3 is 2.85 bits per heavy atom. The SMILES string of the molecule is CNS(=O)(=O)CC1CCCN1C(=O)c1nn(C)cc1Br. The number of hydrogen-bond acceptors (Lipinski definition) is 4. The summed E-state index contributed by atoms with van der Waals surface area (Å²) >= 11 is 3.30. The number of sulfonamides is 1. The minimum atomic E-state index is -3.34. The number of halogens is 1. The summed E-state index contributed by atoms with van der Waals surface area (Å²) in [6.45, 7) is 0.561. The molecule has 1 aromatic rings. The normalized spacial score (nSPS) is 19.6. The smallest absolute Gasteiger partial charge is 0.275 e. The molecule has 2 rings (SSSR count). The van der Waals surface area contributed by atoms with Crippen molar-refractivity contribution in [1.29, 1.82) is 0 Å². The van der Waals surface area contributed by atoms with Crippen molar-refractivity contribution in [2.45, 2.75) is 18.9 Å². The number of hydrogen-bond donors (Lipinski definition) is 1. The molecular weight excluding hydrogens is 348 g/mol. The highest BCUT2D eigenvalue weighted by atomic mass is 79.9. The average molecular weight is 365 g/mol. The average Bonchev–Trinajstić information content (AvgIpc) is 2.94. The number of aromatic nitrogens is 2. The predicted octanol–water partition coefficient (Wildman–Crippen LogP) is 0.336. The highest BCUT2D eigenvalue weighted by molar-refractivity contribution is 9.10. The van der Waals surface area contributed by atoms with Crippen molar-refractivity contribution in [2.24, 2.45) is 7.05 Å².